The topological polar surface area (TPSA) is 123 Å². The van der Waals surface area contributed by atoms with Gasteiger partial charge < -0.3 is 14.7 Å². The van der Waals surface area contributed by atoms with E-state index < -0.39 is 17.4 Å². The van der Waals surface area contributed by atoms with Crippen molar-refractivity contribution in [3.63, 3.8) is 0 Å². The predicted molar refractivity (Wildman–Crippen MR) is 105 cm³/mol. The summed E-state index contributed by atoms with van der Waals surface area (Å²) in [7, 11) is 0. The minimum Gasteiger partial charge on any atom is -0.395 e. The molecule has 154 valence electrons. The molecule has 2 heterocycles. The molecule has 11 heteroatoms. The Hall–Kier alpha value is -2.46. The molecule has 29 heavy (non-hydrogen) atoms. The van der Waals surface area contributed by atoms with Gasteiger partial charge >= 0.3 is 5.69 Å². The summed E-state index contributed by atoms with van der Waals surface area (Å²) in [6.45, 7) is 0.941. The molecule has 2 aromatic heterocycles. The molecule has 3 aromatic rings. The van der Waals surface area contributed by atoms with Crippen molar-refractivity contribution in [1.29, 1.82) is 0 Å². The van der Waals surface area contributed by atoms with E-state index in [0.717, 1.165) is 4.57 Å². The number of halogens is 2. The van der Waals surface area contributed by atoms with E-state index in [1.54, 1.807) is 24.3 Å². The molecule has 0 aliphatic carbocycles. The van der Waals surface area contributed by atoms with Gasteiger partial charge in [-0.1, -0.05) is 40.5 Å². The molecule has 0 amide bonds. The van der Waals surface area contributed by atoms with Crippen LogP contribution in [0.1, 0.15) is 29.1 Å². The highest BCUT2D eigenvalue weighted by Crippen LogP contribution is 2.19. The van der Waals surface area contributed by atoms with Crippen LogP contribution in [0, 0.1) is 6.92 Å². The molecule has 0 fully saturated rings. The number of hydrogen-bond acceptors (Lipinski definition) is 7. The van der Waals surface area contributed by atoms with E-state index in [1.165, 1.54) is 11.5 Å². The Kier molecular flexibility index (Phi) is 6.53. The number of hydrogen-bond donors (Lipinski definition) is 2. The van der Waals surface area contributed by atoms with Gasteiger partial charge in [0.05, 0.1) is 19.3 Å². The lowest BCUT2D eigenvalue weighted by atomic mass is 10.1. The predicted octanol–water partition coefficient (Wildman–Crippen LogP) is 1.32. The van der Waals surface area contributed by atoms with Gasteiger partial charge in [-0.25, -0.2) is 9.36 Å². The zero-order chi connectivity index (χ0) is 21.1. The summed E-state index contributed by atoms with van der Waals surface area (Å²) in [5, 5.41) is 23.7. The van der Waals surface area contributed by atoms with E-state index in [0.29, 0.717) is 10.6 Å². The highest BCUT2D eigenvalue weighted by molar-refractivity contribution is 6.31. The van der Waals surface area contributed by atoms with Gasteiger partial charge in [0.1, 0.15) is 11.6 Å². The fourth-order valence-corrected chi connectivity index (χ4v) is 3.15. The number of benzene rings is 1. The highest BCUT2D eigenvalue weighted by Gasteiger charge is 2.18. The van der Waals surface area contributed by atoms with Crippen LogP contribution in [-0.4, -0.2) is 36.1 Å². The van der Waals surface area contributed by atoms with E-state index in [2.05, 4.69) is 10.1 Å². The smallest absolute Gasteiger partial charge is 0.331 e. The van der Waals surface area contributed by atoms with E-state index >= 15 is 0 Å². The van der Waals surface area contributed by atoms with Crippen LogP contribution in [-0.2, 0) is 19.5 Å². The van der Waals surface area contributed by atoms with Crippen molar-refractivity contribution in [2.45, 2.75) is 32.5 Å². The number of aromatic nitrogens is 4. The summed E-state index contributed by atoms with van der Waals surface area (Å²) >= 11 is 11.9. The molecule has 0 saturated heterocycles. The lowest BCUT2D eigenvalue weighted by Gasteiger charge is -2.12. The molecule has 2 N–H and O–H groups in total. The van der Waals surface area contributed by atoms with Crippen LogP contribution in [0.2, 0.25) is 10.0 Å². The van der Waals surface area contributed by atoms with Crippen LogP contribution in [0.3, 0.4) is 0 Å². The van der Waals surface area contributed by atoms with Gasteiger partial charge in [-0.05, 0) is 24.6 Å². The van der Waals surface area contributed by atoms with Gasteiger partial charge in [-0.3, -0.25) is 9.36 Å². The van der Waals surface area contributed by atoms with Gasteiger partial charge in [0, 0.05) is 17.1 Å². The SMILES string of the molecule is Cc1c(Cl)c(=O)n(Cc2nc(C[C@H](O)c3ccc(Cl)cc3)no2)c(=O)n1CCO. The summed E-state index contributed by atoms with van der Waals surface area (Å²) < 4.78 is 7.17. The van der Waals surface area contributed by atoms with E-state index in [1.807, 2.05) is 0 Å². The fraction of sp³-hybridized carbons (Fsp3) is 0.333. The second-order valence-corrected chi connectivity index (χ2v) is 7.14. The number of aliphatic hydroxyl groups is 2. The molecule has 0 bridgehead atoms. The zero-order valence-corrected chi connectivity index (χ0v) is 16.9. The van der Waals surface area contributed by atoms with Crippen molar-refractivity contribution >= 4 is 23.2 Å². The first kappa shape index (κ1) is 21.3. The van der Waals surface area contributed by atoms with E-state index in [9.17, 15) is 14.7 Å². The van der Waals surface area contributed by atoms with Crippen molar-refractivity contribution in [2.75, 3.05) is 6.61 Å². The number of nitrogens with zero attached hydrogens (tertiary/aromatic N) is 4. The van der Waals surface area contributed by atoms with E-state index in [4.69, 9.17) is 32.8 Å². The first-order valence-corrected chi connectivity index (χ1v) is 9.43. The summed E-state index contributed by atoms with van der Waals surface area (Å²) in [4.78, 5) is 29.1. The molecular formula is C18H18Cl2N4O5. The average Bonchev–Trinajstić information content (AvgIpc) is 3.14. The molecule has 0 unspecified atom stereocenters. The second kappa shape index (κ2) is 8.91. The Labute approximate surface area is 174 Å². The lowest BCUT2D eigenvalue weighted by Crippen LogP contribution is -2.42. The summed E-state index contributed by atoms with van der Waals surface area (Å²) in [5.74, 6) is 0.224. The number of aliphatic hydroxyl groups excluding tert-OH is 2. The van der Waals surface area contributed by atoms with Crippen LogP contribution < -0.4 is 11.2 Å². The van der Waals surface area contributed by atoms with Crippen LogP contribution in [0.15, 0.2) is 38.4 Å². The Morgan fingerprint density at radius 2 is 1.86 bits per heavy atom. The molecular weight excluding hydrogens is 423 g/mol. The molecule has 0 aliphatic rings. The standard InChI is InChI=1S/C18H18Cl2N4O5/c1-10-16(20)17(27)24(18(28)23(10)6-7-25)9-15-21-14(22-29-15)8-13(26)11-2-4-12(19)5-3-11/h2-5,13,25-26H,6-9H2,1H3/t13-/m0/s1. The monoisotopic (exact) mass is 440 g/mol. The molecule has 0 radical (unpaired) electrons. The normalized spacial score (nSPS) is 12.3. The van der Waals surface area contributed by atoms with Crippen molar-refractivity contribution in [1.82, 2.24) is 19.3 Å². The van der Waals surface area contributed by atoms with Crippen LogP contribution in [0.5, 0.6) is 0 Å². The molecule has 0 saturated carbocycles. The van der Waals surface area contributed by atoms with Gasteiger partial charge in [0.25, 0.3) is 5.56 Å². The maximum atomic E-state index is 12.6. The first-order valence-electron chi connectivity index (χ1n) is 8.67. The third-order valence-corrected chi connectivity index (χ3v) is 5.06. The Bertz CT molecular complexity index is 1120. The summed E-state index contributed by atoms with van der Waals surface area (Å²) in [6, 6.07) is 6.69. The lowest BCUT2D eigenvalue weighted by molar-refractivity contribution is 0.174. The molecule has 3 rings (SSSR count). The molecule has 0 spiro atoms. The second-order valence-electron chi connectivity index (χ2n) is 6.32. The molecule has 1 aromatic carbocycles. The maximum Gasteiger partial charge on any atom is 0.331 e. The molecule has 0 aliphatic heterocycles. The third kappa shape index (κ3) is 4.59. The molecule has 1 atom stereocenters. The quantitative estimate of drug-likeness (QED) is 0.567. The molecule has 9 nitrogen and oxygen atoms in total. The van der Waals surface area contributed by atoms with Crippen molar-refractivity contribution in [3.05, 3.63) is 78.1 Å². The van der Waals surface area contributed by atoms with Gasteiger partial charge in [0.2, 0.25) is 5.89 Å². The van der Waals surface area contributed by atoms with Gasteiger partial charge in [-0.2, -0.15) is 4.98 Å². The average molecular weight is 441 g/mol. The van der Waals surface area contributed by atoms with Crippen LogP contribution in [0.25, 0.3) is 0 Å². The Morgan fingerprint density at radius 3 is 2.52 bits per heavy atom. The first-order chi connectivity index (χ1) is 13.8. The zero-order valence-electron chi connectivity index (χ0n) is 15.4. The van der Waals surface area contributed by atoms with Crippen LogP contribution >= 0.6 is 23.2 Å². The minimum atomic E-state index is -0.879. The Balaban J connectivity index is 1.82. The highest BCUT2D eigenvalue weighted by atomic mass is 35.5. The summed E-state index contributed by atoms with van der Waals surface area (Å²) in [6.07, 6.45) is -0.806. The van der Waals surface area contributed by atoms with Crippen molar-refractivity contribution < 1.29 is 14.7 Å². The Morgan fingerprint density at radius 1 is 1.17 bits per heavy atom. The van der Waals surface area contributed by atoms with Crippen LogP contribution in [0.4, 0.5) is 0 Å². The number of rotatable bonds is 7. The largest absolute Gasteiger partial charge is 0.395 e. The maximum absolute atomic E-state index is 12.6. The summed E-state index contributed by atoms with van der Waals surface area (Å²) in [5.41, 5.74) is -0.436. The minimum absolute atomic E-state index is 0.00691. The fourth-order valence-electron chi connectivity index (χ4n) is 2.82. The van der Waals surface area contributed by atoms with Crippen molar-refractivity contribution in [3.8, 4) is 0 Å². The van der Waals surface area contributed by atoms with Gasteiger partial charge in [0.15, 0.2) is 5.82 Å². The third-order valence-electron chi connectivity index (χ3n) is 4.38. The van der Waals surface area contributed by atoms with Gasteiger partial charge in [-0.15, -0.1) is 0 Å². The van der Waals surface area contributed by atoms with E-state index in [-0.39, 0.29) is 48.5 Å². The van der Waals surface area contributed by atoms with Crippen molar-refractivity contribution in [2.24, 2.45) is 0 Å².